The average Bonchev–Trinajstić information content (AvgIpc) is 2.64. The molecule has 25 heavy (non-hydrogen) atoms. The van der Waals surface area contributed by atoms with Gasteiger partial charge >= 0.3 is 0 Å². The van der Waals surface area contributed by atoms with Crippen LogP contribution in [-0.2, 0) is 6.54 Å². The summed E-state index contributed by atoms with van der Waals surface area (Å²) in [5, 5.41) is 5.13. The second-order valence-corrected chi connectivity index (χ2v) is 5.84. The molecule has 0 bridgehead atoms. The first-order valence-electron chi connectivity index (χ1n) is 7.65. The number of hydrogen-bond donors (Lipinski definition) is 0. The van der Waals surface area contributed by atoms with Crippen LogP contribution in [0, 0.1) is 0 Å². The predicted octanol–water partition coefficient (Wildman–Crippen LogP) is 3.63. The van der Waals surface area contributed by atoms with E-state index in [1.165, 1.54) is 10.7 Å². The Bertz CT molecular complexity index is 936. The third kappa shape index (κ3) is 3.83. The minimum atomic E-state index is -0.180. The number of aromatic nitrogens is 2. The van der Waals surface area contributed by atoms with E-state index < -0.39 is 0 Å². The molecular weight excluding hydrogens is 340 g/mol. The van der Waals surface area contributed by atoms with Gasteiger partial charge in [0.25, 0.3) is 5.56 Å². The van der Waals surface area contributed by atoms with Gasteiger partial charge in [-0.2, -0.15) is 5.10 Å². The van der Waals surface area contributed by atoms with E-state index in [-0.39, 0.29) is 5.56 Å². The number of nitrogens with zero attached hydrogens (tertiary/aromatic N) is 2. The van der Waals surface area contributed by atoms with Crippen molar-refractivity contribution in [2.24, 2.45) is 0 Å². The molecule has 0 aliphatic carbocycles. The monoisotopic (exact) mass is 356 g/mol. The summed E-state index contributed by atoms with van der Waals surface area (Å²) in [6, 6.07) is 15.9. The summed E-state index contributed by atoms with van der Waals surface area (Å²) in [7, 11) is 3.19. The van der Waals surface area contributed by atoms with Gasteiger partial charge in [-0.3, -0.25) is 4.79 Å². The van der Waals surface area contributed by atoms with E-state index in [9.17, 15) is 4.79 Å². The lowest BCUT2D eigenvalue weighted by atomic mass is 10.1. The fourth-order valence-corrected chi connectivity index (χ4v) is 2.61. The Hall–Kier alpha value is -2.79. The van der Waals surface area contributed by atoms with E-state index >= 15 is 0 Å². The van der Waals surface area contributed by atoms with Crippen molar-refractivity contribution in [3.05, 3.63) is 75.5 Å². The van der Waals surface area contributed by atoms with E-state index in [0.29, 0.717) is 28.8 Å². The lowest BCUT2D eigenvalue weighted by Crippen LogP contribution is -2.22. The summed E-state index contributed by atoms with van der Waals surface area (Å²) < 4.78 is 12.1. The molecule has 3 rings (SSSR count). The molecule has 0 unspecified atom stereocenters. The number of hydrogen-bond acceptors (Lipinski definition) is 4. The zero-order valence-electron chi connectivity index (χ0n) is 13.9. The van der Waals surface area contributed by atoms with Crippen LogP contribution in [0.15, 0.2) is 59.4 Å². The molecule has 0 aliphatic heterocycles. The molecular formula is C19H17ClN2O3. The maximum Gasteiger partial charge on any atom is 0.267 e. The minimum Gasteiger partial charge on any atom is -0.497 e. The zero-order chi connectivity index (χ0) is 17.8. The highest BCUT2D eigenvalue weighted by molar-refractivity contribution is 6.30. The van der Waals surface area contributed by atoms with Gasteiger partial charge in [0.15, 0.2) is 0 Å². The highest BCUT2D eigenvalue weighted by Gasteiger charge is 2.11. The number of ether oxygens (including phenoxy) is 2. The molecule has 0 atom stereocenters. The predicted molar refractivity (Wildman–Crippen MR) is 97.6 cm³/mol. The topological polar surface area (TPSA) is 53.4 Å². The molecule has 0 spiro atoms. The van der Waals surface area contributed by atoms with Gasteiger partial charge in [0.2, 0.25) is 0 Å². The fraction of sp³-hybridized carbons (Fsp3) is 0.158. The Kier molecular flexibility index (Phi) is 5.05. The van der Waals surface area contributed by atoms with Crippen molar-refractivity contribution in [3.63, 3.8) is 0 Å². The number of halogens is 1. The van der Waals surface area contributed by atoms with Crippen molar-refractivity contribution in [1.82, 2.24) is 9.78 Å². The highest BCUT2D eigenvalue weighted by atomic mass is 35.5. The van der Waals surface area contributed by atoms with Crippen LogP contribution >= 0.6 is 11.6 Å². The fourth-order valence-electron chi connectivity index (χ4n) is 2.48. The van der Waals surface area contributed by atoms with Crippen LogP contribution in [0.1, 0.15) is 5.56 Å². The minimum absolute atomic E-state index is 0.180. The van der Waals surface area contributed by atoms with Crippen molar-refractivity contribution in [3.8, 4) is 22.8 Å². The molecule has 0 amide bonds. The summed E-state index contributed by atoms with van der Waals surface area (Å²) in [5.74, 6) is 1.35. The molecule has 0 N–H and O–H groups in total. The first-order valence-corrected chi connectivity index (χ1v) is 8.03. The van der Waals surface area contributed by atoms with E-state index in [1.807, 2.05) is 30.3 Å². The van der Waals surface area contributed by atoms with Gasteiger partial charge < -0.3 is 9.47 Å². The molecule has 0 radical (unpaired) electrons. The molecule has 6 heteroatoms. The summed E-state index contributed by atoms with van der Waals surface area (Å²) in [5.41, 5.74) is 2.14. The van der Waals surface area contributed by atoms with Crippen LogP contribution in [-0.4, -0.2) is 24.0 Å². The Balaban J connectivity index is 2.02. The smallest absolute Gasteiger partial charge is 0.267 e. The van der Waals surface area contributed by atoms with Crippen LogP contribution < -0.4 is 15.0 Å². The lowest BCUT2D eigenvalue weighted by Gasteiger charge is -2.12. The van der Waals surface area contributed by atoms with E-state index in [1.54, 1.807) is 32.4 Å². The summed E-state index contributed by atoms with van der Waals surface area (Å²) in [6.45, 7) is 0.357. The van der Waals surface area contributed by atoms with Gasteiger partial charge in [0.05, 0.1) is 26.5 Å². The standard InChI is InChI=1S/C19H17ClN2O3/c1-24-15-7-9-18(25-2)16(11-15)17-8-10-19(23)22(21-17)12-13-3-5-14(20)6-4-13/h3-11H,12H2,1-2H3. The van der Waals surface area contributed by atoms with Crippen LogP contribution in [0.25, 0.3) is 11.3 Å². The Morgan fingerprint density at radius 2 is 1.76 bits per heavy atom. The third-order valence-electron chi connectivity index (χ3n) is 3.79. The van der Waals surface area contributed by atoms with Crippen LogP contribution in [0.2, 0.25) is 5.02 Å². The molecule has 0 saturated carbocycles. The quantitative estimate of drug-likeness (QED) is 0.700. The molecule has 2 aromatic carbocycles. The van der Waals surface area contributed by atoms with Crippen molar-refractivity contribution in [2.75, 3.05) is 14.2 Å². The number of methoxy groups -OCH3 is 2. The molecule has 128 valence electrons. The first kappa shape index (κ1) is 17.0. The Labute approximate surface area is 150 Å². The number of rotatable bonds is 5. The van der Waals surface area contributed by atoms with Crippen LogP contribution in [0.4, 0.5) is 0 Å². The Morgan fingerprint density at radius 1 is 1.00 bits per heavy atom. The summed E-state index contributed by atoms with van der Waals surface area (Å²) in [4.78, 5) is 12.2. The molecule has 5 nitrogen and oxygen atoms in total. The van der Waals surface area contributed by atoms with Gasteiger partial charge in [-0.05, 0) is 42.0 Å². The highest BCUT2D eigenvalue weighted by Crippen LogP contribution is 2.31. The lowest BCUT2D eigenvalue weighted by molar-refractivity contribution is 0.404. The van der Waals surface area contributed by atoms with Gasteiger partial charge in [-0.1, -0.05) is 23.7 Å². The maximum atomic E-state index is 12.2. The van der Waals surface area contributed by atoms with Crippen LogP contribution in [0.5, 0.6) is 11.5 Å². The Morgan fingerprint density at radius 3 is 2.44 bits per heavy atom. The molecule has 0 fully saturated rings. The van der Waals surface area contributed by atoms with Crippen molar-refractivity contribution in [1.29, 1.82) is 0 Å². The SMILES string of the molecule is COc1ccc(OC)c(-c2ccc(=O)n(Cc3ccc(Cl)cc3)n2)c1. The van der Waals surface area contributed by atoms with Gasteiger partial charge in [-0.25, -0.2) is 4.68 Å². The van der Waals surface area contributed by atoms with Gasteiger partial charge in [-0.15, -0.1) is 0 Å². The second kappa shape index (κ2) is 7.40. The largest absolute Gasteiger partial charge is 0.497 e. The van der Waals surface area contributed by atoms with Crippen molar-refractivity contribution < 1.29 is 9.47 Å². The molecule has 1 aromatic heterocycles. The second-order valence-electron chi connectivity index (χ2n) is 5.41. The van der Waals surface area contributed by atoms with Crippen LogP contribution in [0.3, 0.4) is 0 Å². The summed E-state index contributed by atoms with van der Waals surface area (Å²) in [6.07, 6.45) is 0. The molecule has 3 aromatic rings. The first-order chi connectivity index (χ1) is 12.1. The normalized spacial score (nSPS) is 10.5. The average molecular weight is 357 g/mol. The number of benzene rings is 2. The molecule has 0 aliphatic rings. The third-order valence-corrected chi connectivity index (χ3v) is 4.05. The molecule has 0 saturated heterocycles. The summed E-state index contributed by atoms with van der Waals surface area (Å²) >= 11 is 5.90. The van der Waals surface area contributed by atoms with Crippen molar-refractivity contribution >= 4 is 11.6 Å². The van der Waals surface area contributed by atoms with E-state index in [0.717, 1.165) is 11.1 Å². The zero-order valence-corrected chi connectivity index (χ0v) is 14.7. The molecule has 1 heterocycles. The van der Waals surface area contributed by atoms with Crippen molar-refractivity contribution in [2.45, 2.75) is 6.54 Å². The maximum absolute atomic E-state index is 12.2. The van der Waals surface area contributed by atoms with Gasteiger partial charge in [0, 0.05) is 16.7 Å². The van der Waals surface area contributed by atoms with E-state index in [4.69, 9.17) is 21.1 Å². The van der Waals surface area contributed by atoms with Gasteiger partial charge in [0.1, 0.15) is 11.5 Å². The van der Waals surface area contributed by atoms with E-state index in [2.05, 4.69) is 5.10 Å².